The van der Waals surface area contributed by atoms with Crippen LogP contribution in [0.5, 0.6) is 0 Å². The topological polar surface area (TPSA) is 123 Å². The normalized spacial score (nSPS) is 11.3. The molecule has 136 valence electrons. The van der Waals surface area contributed by atoms with Crippen molar-refractivity contribution < 1.29 is 12.8 Å². The SMILES string of the molecule is NS(=O)(=O)c1ccc(CCNc2cc(NCc3ccco3)ncn2)cc1. The second-order valence-electron chi connectivity index (χ2n) is 5.59. The number of benzene rings is 1. The minimum atomic E-state index is -3.66. The molecule has 26 heavy (non-hydrogen) atoms. The van der Waals surface area contributed by atoms with E-state index < -0.39 is 10.0 Å². The molecule has 1 aromatic carbocycles. The molecule has 0 radical (unpaired) electrons. The lowest BCUT2D eigenvalue weighted by Crippen LogP contribution is -2.12. The highest BCUT2D eigenvalue weighted by Crippen LogP contribution is 2.12. The number of nitrogens with zero attached hydrogens (tertiary/aromatic N) is 2. The molecule has 0 atom stereocenters. The number of anilines is 2. The first-order valence-corrected chi connectivity index (χ1v) is 9.49. The molecule has 0 amide bonds. The Hall–Kier alpha value is -2.91. The van der Waals surface area contributed by atoms with Crippen molar-refractivity contribution in [3.63, 3.8) is 0 Å². The Morgan fingerprint density at radius 1 is 1.04 bits per heavy atom. The van der Waals surface area contributed by atoms with Crippen molar-refractivity contribution in [3.8, 4) is 0 Å². The predicted octanol–water partition coefficient (Wildman–Crippen LogP) is 1.98. The molecule has 0 saturated carbocycles. The van der Waals surface area contributed by atoms with E-state index in [1.165, 1.54) is 18.5 Å². The van der Waals surface area contributed by atoms with Crippen LogP contribution in [0.25, 0.3) is 0 Å². The summed E-state index contributed by atoms with van der Waals surface area (Å²) in [6.07, 6.45) is 3.82. The van der Waals surface area contributed by atoms with Gasteiger partial charge in [-0.25, -0.2) is 23.5 Å². The van der Waals surface area contributed by atoms with E-state index in [0.29, 0.717) is 31.1 Å². The minimum absolute atomic E-state index is 0.109. The maximum atomic E-state index is 11.2. The highest BCUT2D eigenvalue weighted by atomic mass is 32.2. The third-order valence-electron chi connectivity index (χ3n) is 3.66. The Kier molecular flexibility index (Phi) is 5.49. The van der Waals surface area contributed by atoms with Gasteiger partial charge in [0.15, 0.2) is 0 Å². The predicted molar refractivity (Wildman–Crippen MR) is 98.1 cm³/mol. The van der Waals surface area contributed by atoms with Crippen molar-refractivity contribution in [2.75, 3.05) is 17.2 Å². The summed E-state index contributed by atoms with van der Waals surface area (Å²) in [5.41, 5.74) is 0.995. The Morgan fingerprint density at radius 3 is 2.42 bits per heavy atom. The molecule has 0 saturated heterocycles. The van der Waals surface area contributed by atoms with E-state index in [-0.39, 0.29) is 4.90 Å². The number of rotatable bonds is 8. The minimum Gasteiger partial charge on any atom is -0.467 e. The van der Waals surface area contributed by atoms with Crippen molar-refractivity contribution in [1.29, 1.82) is 0 Å². The Morgan fingerprint density at radius 2 is 1.77 bits per heavy atom. The lowest BCUT2D eigenvalue weighted by atomic mass is 10.1. The van der Waals surface area contributed by atoms with Crippen LogP contribution in [0.1, 0.15) is 11.3 Å². The number of sulfonamides is 1. The van der Waals surface area contributed by atoms with Gasteiger partial charge in [-0.1, -0.05) is 12.1 Å². The number of primary sulfonamides is 1. The lowest BCUT2D eigenvalue weighted by molar-refractivity contribution is 0.518. The molecule has 9 heteroatoms. The van der Waals surface area contributed by atoms with E-state index in [9.17, 15) is 8.42 Å². The Labute approximate surface area is 151 Å². The van der Waals surface area contributed by atoms with Crippen LogP contribution in [0, 0.1) is 0 Å². The van der Waals surface area contributed by atoms with Crippen LogP contribution in [-0.4, -0.2) is 24.9 Å². The second kappa shape index (κ2) is 7.98. The number of nitrogens with two attached hydrogens (primary N) is 1. The monoisotopic (exact) mass is 373 g/mol. The summed E-state index contributed by atoms with van der Waals surface area (Å²) in [5, 5.41) is 11.5. The Bertz CT molecular complexity index is 941. The van der Waals surface area contributed by atoms with Gasteiger partial charge in [-0.15, -0.1) is 0 Å². The van der Waals surface area contributed by atoms with E-state index in [2.05, 4.69) is 20.6 Å². The first-order valence-electron chi connectivity index (χ1n) is 7.94. The molecule has 0 spiro atoms. The highest BCUT2D eigenvalue weighted by molar-refractivity contribution is 7.89. The van der Waals surface area contributed by atoms with E-state index in [1.54, 1.807) is 18.4 Å². The smallest absolute Gasteiger partial charge is 0.238 e. The van der Waals surface area contributed by atoms with Gasteiger partial charge in [0.25, 0.3) is 0 Å². The van der Waals surface area contributed by atoms with E-state index in [0.717, 1.165) is 11.3 Å². The quantitative estimate of drug-likeness (QED) is 0.551. The van der Waals surface area contributed by atoms with Gasteiger partial charge in [0, 0.05) is 12.6 Å². The summed E-state index contributed by atoms with van der Waals surface area (Å²) in [6.45, 7) is 1.18. The fourth-order valence-electron chi connectivity index (χ4n) is 2.32. The van der Waals surface area contributed by atoms with Crippen LogP contribution in [0.4, 0.5) is 11.6 Å². The first kappa shape index (κ1) is 17.9. The van der Waals surface area contributed by atoms with E-state index in [4.69, 9.17) is 9.56 Å². The molecule has 0 bridgehead atoms. The zero-order valence-electron chi connectivity index (χ0n) is 13.9. The molecule has 0 fully saturated rings. The van der Waals surface area contributed by atoms with Gasteiger partial charge in [0.2, 0.25) is 10.0 Å². The standard InChI is InChI=1S/C17H19N5O3S/c18-26(23,24)15-5-3-13(4-6-15)7-8-19-16-10-17(22-12-21-16)20-11-14-2-1-9-25-14/h1-6,9-10,12H,7-8,11H2,(H2,18,23,24)(H2,19,20,21,22). The van der Waals surface area contributed by atoms with Gasteiger partial charge in [0.1, 0.15) is 23.7 Å². The number of nitrogens with one attached hydrogen (secondary N) is 2. The van der Waals surface area contributed by atoms with Gasteiger partial charge >= 0.3 is 0 Å². The van der Waals surface area contributed by atoms with E-state index in [1.807, 2.05) is 18.2 Å². The van der Waals surface area contributed by atoms with Gasteiger partial charge in [-0.2, -0.15) is 0 Å². The average molecular weight is 373 g/mol. The number of hydrogen-bond donors (Lipinski definition) is 3. The summed E-state index contributed by atoms with van der Waals surface area (Å²) in [5.74, 6) is 2.21. The zero-order chi connectivity index (χ0) is 18.4. The third-order valence-corrected chi connectivity index (χ3v) is 4.59. The molecule has 3 rings (SSSR count). The zero-order valence-corrected chi connectivity index (χ0v) is 14.7. The average Bonchev–Trinajstić information content (AvgIpc) is 3.14. The van der Waals surface area contributed by atoms with Crippen LogP contribution in [0.15, 0.2) is 64.4 Å². The molecule has 4 N–H and O–H groups in total. The molecular weight excluding hydrogens is 354 g/mol. The summed E-state index contributed by atoms with van der Waals surface area (Å²) in [6, 6.07) is 12.0. The highest BCUT2D eigenvalue weighted by Gasteiger charge is 2.06. The van der Waals surface area contributed by atoms with E-state index >= 15 is 0 Å². The fourth-order valence-corrected chi connectivity index (χ4v) is 2.84. The van der Waals surface area contributed by atoms with Crippen molar-refractivity contribution in [2.45, 2.75) is 17.9 Å². The van der Waals surface area contributed by atoms with Crippen molar-refractivity contribution in [3.05, 3.63) is 66.4 Å². The molecule has 0 aliphatic heterocycles. The van der Waals surface area contributed by atoms with Gasteiger partial charge in [0.05, 0.1) is 17.7 Å². The number of aromatic nitrogens is 2. The molecule has 0 unspecified atom stereocenters. The number of furan rings is 1. The van der Waals surface area contributed by atoms with Crippen molar-refractivity contribution >= 4 is 21.7 Å². The summed E-state index contributed by atoms with van der Waals surface area (Å²) in [4.78, 5) is 8.45. The van der Waals surface area contributed by atoms with Gasteiger partial charge in [-0.05, 0) is 36.2 Å². The first-order chi connectivity index (χ1) is 12.5. The number of hydrogen-bond acceptors (Lipinski definition) is 7. The molecule has 0 aliphatic rings. The molecular formula is C17H19N5O3S. The van der Waals surface area contributed by atoms with Gasteiger partial charge < -0.3 is 15.1 Å². The maximum Gasteiger partial charge on any atom is 0.238 e. The Balaban J connectivity index is 1.51. The van der Waals surface area contributed by atoms with Crippen LogP contribution < -0.4 is 15.8 Å². The lowest BCUT2D eigenvalue weighted by Gasteiger charge is -2.08. The molecule has 3 aromatic rings. The summed E-state index contributed by atoms with van der Waals surface area (Å²) < 4.78 is 27.7. The second-order valence-corrected chi connectivity index (χ2v) is 7.15. The van der Waals surface area contributed by atoms with Crippen molar-refractivity contribution in [2.24, 2.45) is 5.14 Å². The third kappa shape index (κ3) is 5.04. The molecule has 2 aromatic heterocycles. The van der Waals surface area contributed by atoms with Crippen LogP contribution in [0.2, 0.25) is 0 Å². The van der Waals surface area contributed by atoms with Crippen LogP contribution in [-0.2, 0) is 23.0 Å². The molecule has 0 aliphatic carbocycles. The maximum absolute atomic E-state index is 11.2. The summed E-state index contributed by atoms with van der Waals surface area (Å²) >= 11 is 0. The molecule has 8 nitrogen and oxygen atoms in total. The van der Waals surface area contributed by atoms with Crippen molar-refractivity contribution in [1.82, 2.24) is 9.97 Å². The molecule has 2 heterocycles. The van der Waals surface area contributed by atoms with Gasteiger partial charge in [-0.3, -0.25) is 0 Å². The largest absolute Gasteiger partial charge is 0.467 e. The fraction of sp³-hybridized carbons (Fsp3) is 0.176. The summed E-state index contributed by atoms with van der Waals surface area (Å²) in [7, 11) is -3.66. The van der Waals surface area contributed by atoms with Crippen LogP contribution >= 0.6 is 0 Å². The van der Waals surface area contributed by atoms with Crippen LogP contribution in [0.3, 0.4) is 0 Å².